The maximum atomic E-state index is 13.8. The van der Waals surface area contributed by atoms with E-state index in [9.17, 15) is 18.0 Å². The molecule has 1 aliphatic carbocycles. The van der Waals surface area contributed by atoms with E-state index in [4.69, 9.17) is 0 Å². The summed E-state index contributed by atoms with van der Waals surface area (Å²) in [6.07, 6.45) is 6.20. The van der Waals surface area contributed by atoms with Crippen molar-refractivity contribution in [2.45, 2.75) is 68.8 Å². The summed E-state index contributed by atoms with van der Waals surface area (Å²) < 4.78 is 28.0. The third-order valence-electron chi connectivity index (χ3n) is 6.96. The van der Waals surface area contributed by atoms with Crippen LogP contribution in [0.3, 0.4) is 0 Å². The van der Waals surface area contributed by atoms with Crippen molar-refractivity contribution in [3.8, 4) is 0 Å². The van der Waals surface area contributed by atoms with Crippen LogP contribution < -0.4 is 10.2 Å². The lowest BCUT2D eigenvalue weighted by molar-refractivity contribution is -0.133. The molecule has 2 aromatic rings. The standard InChI is InChI=1S/C26H33N3O4S/c1-20-12-10-11-17-23(20)29-24(30)18-28(34(32,33)22-15-8-5-9-16-22)19-26(29,2)25(31)27-21-13-6-3-4-7-14-21/h5,8-12,15-17,21H,3-4,6-7,13-14,18-19H2,1-2H3,(H,27,31). The quantitative estimate of drug-likeness (QED) is 0.658. The fourth-order valence-corrected chi connectivity index (χ4v) is 6.53. The molecule has 1 heterocycles. The summed E-state index contributed by atoms with van der Waals surface area (Å²) >= 11 is 0. The zero-order valence-electron chi connectivity index (χ0n) is 19.9. The van der Waals surface area contributed by atoms with Gasteiger partial charge in [0.25, 0.3) is 0 Å². The first-order chi connectivity index (χ1) is 16.2. The predicted octanol–water partition coefficient (Wildman–Crippen LogP) is 3.63. The highest BCUT2D eigenvalue weighted by Crippen LogP contribution is 2.34. The molecule has 7 nitrogen and oxygen atoms in total. The first kappa shape index (κ1) is 24.4. The fraction of sp³-hybridized carbons (Fsp3) is 0.462. The molecule has 0 bridgehead atoms. The molecular formula is C26H33N3O4S. The highest BCUT2D eigenvalue weighted by atomic mass is 32.2. The van der Waals surface area contributed by atoms with Crippen molar-refractivity contribution >= 4 is 27.5 Å². The number of carbonyl (C=O) groups excluding carboxylic acids is 2. The van der Waals surface area contributed by atoms with E-state index < -0.39 is 21.5 Å². The van der Waals surface area contributed by atoms with Gasteiger partial charge in [-0.3, -0.25) is 14.5 Å². The molecule has 2 aliphatic rings. The van der Waals surface area contributed by atoms with Gasteiger partial charge in [0.15, 0.2) is 0 Å². The molecule has 0 aromatic heterocycles. The molecule has 4 rings (SSSR count). The van der Waals surface area contributed by atoms with Crippen molar-refractivity contribution in [2.24, 2.45) is 0 Å². The number of nitrogens with zero attached hydrogens (tertiary/aromatic N) is 2. The molecule has 0 radical (unpaired) electrons. The molecule has 1 N–H and O–H groups in total. The molecule has 34 heavy (non-hydrogen) atoms. The molecule has 0 spiro atoms. The van der Waals surface area contributed by atoms with Crippen LogP contribution in [0, 0.1) is 6.92 Å². The number of sulfonamides is 1. The van der Waals surface area contributed by atoms with Gasteiger partial charge in [0.05, 0.1) is 11.4 Å². The molecule has 1 atom stereocenters. The van der Waals surface area contributed by atoms with Crippen LogP contribution in [0.1, 0.15) is 51.0 Å². The van der Waals surface area contributed by atoms with Crippen LogP contribution in [0.25, 0.3) is 0 Å². The van der Waals surface area contributed by atoms with Crippen LogP contribution in [-0.2, 0) is 19.6 Å². The molecule has 1 aliphatic heterocycles. The molecule has 182 valence electrons. The van der Waals surface area contributed by atoms with Crippen LogP contribution in [0.2, 0.25) is 0 Å². The highest BCUT2D eigenvalue weighted by Gasteiger charge is 2.51. The molecule has 2 fully saturated rings. The number of hydrogen-bond acceptors (Lipinski definition) is 4. The number of benzene rings is 2. The number of amides is 2. The van der Waals surface area contributed by atoms with Crippen molar-refractivity contribution in [1.82, 2.24) is 9.62 Å². The summed E-state index contributed by atoms with van der Waals surface area (Å²) in [5.74, 6) is -0.734. The molecule has 1 unspecified atom stereocenters. The van der Waals surface area contributed by atoms with Gasteiger partial charge >= 0.3 is 0 Å². The average molecular weight is 484 g/mol. The highest BCUT2D eigenvalue weighted by molar-refractivity contribution is 7.89. The number of hydrogen-bond donors (Lipinski definition) is 1. The van der Waals surface area contributed by atoms with E-state index in [0.29, 0.717) is 5.69 Å². The second-order valence-electron chi connectivity index (χ2n) is 9.54. The minimum absolute atomic E-state index is 0.0294. The molecule has 8 heteroatoms. The number of anilines is 1. The van der Waals surface area contributed by atoms with E-state index in [1.165, 1.54) is 17.0 Å². The normalized spacial score (nSPS) is 22.9. The van der Waals surface area contributed by atoms with E-state index in [2.05, 4.69) is 5.32 Å². The third kappa shape index (κ3) is 4.74. The molecule has 1 saturated carbocycles. The van der Waals surface area contributed by atoms with Gasteiger partial charge in [-0.2, -0.15) is 4.31 Å². The van der Waals surface area contributed by atoms with Crippen LogP contribution in [0.4, 0.5) is 5.69 Å². The Morgan fingerprint density at radius 1 is 0.971 bits per heavy atom. The van der Waals surface area contributed by atoms with Gasteiger partial charge in [-0.15, -0.1) is 0 Å². The van der Waals surface area contributed by atoms with Gasteiger partial charge in [0, 0.05) is 18.3 Å². The monoisotopic (exact) mass is 483 g/mol. The third-order valence-corrected chi connectivity index (χ3v) is 8.76. The van der Waals surface area contributed by atoms with Crippen molar-refractivity contribution in [2.75, 3.05) is 18.0 Å². The lowest BCUT2D eigenvalue weighted by Crippen LogP contribution is -2.70. The molecular weight excluding hydrogens is 450 g/mol. The minimum Gasteiger partial charge on any atom is -0.351 e. The van der Waals surface area contributed by atoms with Crippen molar-refractivity contribution < 1.29 is 18.0 Å². The summed E-state index contributed by atoms with van der Waals surface area (Å²) in [5.41, 5.74) is 0.0850. The molecule has 2 amide bonds. The lowest BCUT2D eigenvalue weighted by atomic mass is 9.92. The first-order valence-electron chi connectivity index (χ1n) is 12.0. The van der Waals surface area contributed by atoms with Crippen molar-refractivity contribution in [3.63, 3.8) is 0 Å². The fourth-order valence-electron chi connectivity index (χ4n) is 5.03. The van der Waals surface area contributed by atoms with Gasteiger partial charge in [-0.1, -0.05) is 62.1 Å². The average Bonchev–Trinajstić information content (AvgIpc) is 3.09. The Labute approximate surface area is 202 Å². The Bertz CT molecular complexity index is 1140. The van der Waals surface area contributed by atoms with Crippen molar-refractivity contribution in [1.29, 1.82) is 0 Å². The van der Waals surface area contributed by atoms with Gasteiger partial charge in [0.2, 0.25) is 21.8 Å². The van der Waals surface area contributed by atoms with E-state index in [0.717, 1.165) is 48.4 Å². The van der Waals surface area contributed by atoms with Crippen LogP contribution in [0.15, 0.2) is 59.5 Å². The van der Waals surface area contributed by atoms with Crippen LogP contribution in [-0.4, -0.2) is 49.2 Å². The number of carbonyl (C=O) groups is 2. The maximum absolute atomic E-state index is 13.8. The smallest absolute Gasteiger partial charge is 0.247 e. The van der Waals surface area contributed by atoms with Gasteiger partial charge < -0.3 is 5.32 Å². The van der Waals surface area contributed by atoms with E-state index >= 15 is 0 Å². The number of rotatable bonds is 5. The molecule has 2 aromatic carbocycles. The van der Waals surface area contributed by atoms with E-state index in [-0.39, 0.29) is 29.9 Å². The number of piperazine rings is 1. The second kappa shape index (κ2) is 9.88. The topological polar surface area (TPSA) is 86.8 Å². The van der Waals surface area contributed by atoms with Gasteiger partial charge in [-0.25, -0.2) is 8.42 Å². The largest absolute Gasteiger partial charge is 0.351 e. The zero-order chi connectivity index (χ0) is 24.3. The Morgan fingerprint density at radius 3 is 2.24 bits per heavy atom. The van der Waals surface area contributed by atoms with Gasteiger partial charge in [0.1, 0.15) is 5.54 Å². The number of aryl methyl sites for hydroxylation is 1. The minimum atomic E-state index is -3.95. The number of nitrogens with one attached hydrogen (secondary N) is 1. The van der Waals surface area contributed by atoms with Crippen LogP contribution in [0.5, 0.6) is 0 Å². The summed E-state index contributed by atoms with van der Waals surface area (Å²) in [6, 6.07) is 15.5. The number of para-hydroxylation sites is 1. The first-order valence-corrected chi connectivity index (χ1v) is 13.4. The summed E-state index contributed by atoms with van der Waals surface area (Å²) in [5, 5.41) is 3.17. The van der Waals surface area contributed by atoms with Gasteiger partial charge in [-0.05, 0) is 50.5 Å². The Balaban J connectivity index is 1.72. The zero-order valence-corrected chi connectivity index (χ0v) is 20.7. The van der Waals surface area contributed by atoms with E-state index in [1.54, 1.807) is 25.1 Å². The Morgan fingerprint density at radius 2 is 1.59 bits per heavy atom. The Kier molecular flexibility index (Phi) is 7.09. The lowest BCUT2D eigenvalue weighted by Gasteiger charge is -2.47. The Hall–Kier alpha value is -2.71. The molecule has 1 saturated heterocycles. The van der Waals surface area contributed by atoms with Crippen LogP contribution >= 0.6 is 0 Å². The second-order valence-corrected chi connectivity index (χ2v) is 11.5. The van der Waals surface area contributed by atoms with E-state index in [1.807, 2.05) is 31.2 Å². The SMILES string of the molecule is Cc1ccccc1N1C(=O)CN(S(=O)(=O)c2ccccc2)CC1(C)C(=O)NC1CCCCCC1. The summed E-state index contributed by atoms with van der Waals surface area (Å²) in [7, 11) is -3.95. The summed E-state index contributed by atoms with van der Waals surface area (Å²) in [4.78, 5) is 29.0. The predicted molar refractivity (Wildman–Crippen MR) is 132 cm³/mol. The maximum Gasteiger partial charge on any atom is 0.247 e. The van der Waals surface area contributed by atoms with Crippen molar-refractivity contribution in [3.05, 3.63) is 60.2 Å². The summed E-state index contributed by atoms with van der Waals surface area (Å²) in [6.45, 7) is 3.12.